The van der Waals surface area contributed by atoms with Gasteiger partial charge in [0, 0.05) is 37.1 Å². The molecule has 0 aromatic heterocycles. The molecule has 2 aromatic rings. The third kappa shape index (κ3) is 4.40. The number of nitrogens with zero attached hydrogens (tertiary/aromatic N) is 2. The van der Waals surface area contributed by atoms with Crippen molar-refractivity contribution in [1.82, 2.24) is 4.31 Å². The van der Waals surface area contributed by atoms with Crippen LogP contribution in [0, 0.1) is 0 Å². The van der Waals surface area contributed by atoms with Gasteiger partial charge in [0.15, 0.2) is 9.84 Å². The summed E-state index contributed by atoms with van der Waals surface area (Å²) in [5.41, 5.74) is 1.78. The van der Waals surface area contributed by atoms with Crippen LogP contribution in [0.2, 0.25) is 0 Å². The van der Waals surface area contributed by atoms with Crippen molar-refractivity contribution < 1.29 is 21.6 Å². The van der Waals surface area contributed by atoms with Crippen molar-refractivity contribution in [2.24, 2.45) is 0 Å². The fourth-order valence-electron chi connectivity index (χ4n) is 4.21. The molecule has 0 saturated carbocycles. The largest absolute Gasteiger partial charge is 0.308 e. The summed E-state index contributed by atoms with van der Waals surface area (Å²) >= 11 is 0. The molecule has 1 saturated heterocycles. The number of hydrogen-bond donors (Lipinski definition) is 0. The highest BCUT2D eigenvalue weighted by Gasteiger charge is 2.29. The van der Waals surface area contributed by atoms with Crippen LogP contribution in [0.15, 0.2) is 52.3 Å². The van der Waals surface area contributed by atoms with Gasteiger partial charge in [-0.05, 0) is 67.6 Å². The molecule has 0 aliphatic carbocycles. The molecule has 0 spiro atoms. The van der Waals surface area contributed by atoms with Crippen LogP contribution in [0.3, 0.4) is 0 Å². The smallest absolute Gasteiger partial charge is 0.258 e. The molecule has 2 aliphatic rings. The van der Waals surface area contributed by atoms with Gasteiger partial charge in [0.2, 0.25) is 10.0 Å². The highest BCUT2D eigenvalue weighted by atomic mass is 32.2. The Morgan fingerprint density at radius 2 is 1.58 bits per heavy atom. The molecule has 1 amide bonds. The summed E-state index contributed by atoms with van der Waals surface area (Å²) in [5.74, 6) is -0.288. The number of anilines is 1. The molecule has 0 radical (unpaired) electrons. The Labute approximate surface area is 183 Å². The molecular weight excluding hydrogens is 436 g/mol. The molecule has 2 aromatic carbocycles. The number of aryl methyl sites for hydroxylation is 1. The minimum absolute atomic E-state index is 0.130. The van der Waals surface area contributed by atoms with Gasteiger partial charge in [-0.1, -0.05) is 12.5 Å². The number of sulfonamides is 1. The summed E-state index contributed by atoms with van der Waals surface area (Å²) in [6.07, 6.45) is 5.27. The van der Waals surface area contributed by atoms with Gasteiger partial charge in [0.1, 0.15) is 0 Å². The SMILES string of the molecule is CS(=O)(=O)c1ccc2c(c1)CCCN2C(=O)c1cccc(S(=O)(=O)N2CCCCC2)c1. The number of carbonyl (C=O) groups is 1. The van der Waals surface area contributed by atoms with Crippen LogP contribution in [0.1, 0.15) is 41.6 Å². The predicted molar refractivity (Wildman–Crippen MR) is 119 cm³/mol. The zero-order chi connectivity index (χ0) is 22.2. The van der Waals surface area contributed by atoms with Gasteiger partial charge in [0.25, 0.3) is 5.91 Å². The fraction of sp³-hybridized carbons (Fsp3) is 0.409. The minimum Gasteiger partial charge on any atom is -0.308 e. The number of carbonyl (C=O) groups excluding carboxylic acids is 1. The van der Waals surface area contributed by atoms with Crippen LogP contribution in [0.4, 0.5) is 5.69 Å². The Morgan fingerprint density at radius 3 is 2.29 bits per heavy atom. The van der Waals surface area contributed by atoms with Crippen molar-refractivity contribution in [2.45, 2.75) is 41.9 Å². The van der Waals surface area contributed by atoms with E-state index in [1.54, 1.807) is 29.2 Å². The van der Waals surface area contributed by atoms with Gasteiger partial charge >= 0.3 is 0 Å². The summed E-state index contributed by atoms with van der Waals surface area (Å²) in [6.45, 7) is 1.50. The van der Waals surface area contributed by atoms with Crippen molar-refractivity contribution in [3.8, 4) is 0 Å². The second-order valence-corrected chi connectivity index (χ2v) is 12.1. The van der Waals surface area contributed by atoms with E-state index < -0.39 is 19.9 Å². The van der Waals surface area contributed by atoms with E-state index in [0.717, 1.165) is 31.1 Å². The topological polar surface area (TPSA) is 91.8 Å². The highest BCUT2D eigenvalue weighted by Crippen LogP contribution is 2.31. The average Bonchev–Trinajstić information content (AvgIpc) is 2.78. The van der Waals surface area contributed by atoms with Gasteiger partial charge < -0.3 is 4.90 Å². The van der Waals surface area contributed by atoms with E-state index in [2.05, 4.69) is 0 Å². The second kappa shape index (κ2) is 8.37. The number of piperidine rings is 1. The molecule has 0 unspecified atom stereocenters. The van der Waals surface area contributed by atoms with Crippen molar-refractivity contribution in [3.63, 3.8) is 0 Å². The molecule has 166 valence electrons. The maximum absolute atomic E-state index is 13.3. The Kier molecular flexibility index (Phi) is 5.93. The van der Waals surface area contributed by atoms with E-state index in [1.165, 1.54) is 22.5 Å². The molecule has 2 aliphatic heterocycles. The number of amides is 1. The second-order valence-electron chi connectivity index (χ2n) is 8.12. The van der Waals surface area contributed by atoms with Gasteiger partial charge in [-0.3, -0.25) is 4.79 Å². The summed E-state index contributed by atoms with van der Waals surface area (Å²) in [7, 11) is -6.97. The van der Waals surface area contributed by atoms with Crippen molar-refractivity contribution in [2.75, 3.05) is 30.8 Å². The minimum atomic E-state index is -3.64. The molecule has 4 rings (SSSR count). The van der Waals surface area contributed by atoms with Crippen molar-refractivity contribution >= 4 is 31.5 Å². The lowest BCUT2D eigenvalue weighted by atomic mass is 10.0. The Hall–Kier alpha value is -2.23. The number of rotatable bonds is 4. The third-order valence-electron chi connectivity index (χ3n) is 5.88. The lowest BCUT2D eigenvalue weighted by Gasteiger charge is -2.30. The summed E-state index contributed by atoms with van der Waals surface area (Å²) in [5, 5.41) is 0. The normalized spacial score (nSPS) is 17.9. The molecule has 0 bridgehead atoms. The molecule has 7 nitrogen and oxygen atoms in total. The Balaban J connectivity index is 1.65. The molecule has 0 atom stereocenters. The van der Waals surface area contributed by atoms with Crippen LogP contribution < -0.4 is 4.90 Å². The van der Waals surface area contributed by atoms with E-state index in [0.29, 0.717) is 43.7 Å². The molecular formula is C22H26N2O5S2. The van der Waals surface area contributed by atoms with Gasteiger partial charge in [0.05, 0.1) is 9.79 Å². The van der Waals surface area contributed by atoms with Crippen LogP contribution in [0.25, 0.3) is 0 Å². The number of benzene rings is 2. The summed E-state index contributed by atoms with van der Waals surface area (Å²) < 4.78 is 51.3. The van der Waals surface area contributed by atoms with Crippen molar-refractivity contribution in [1.29, 1.82) is 0 Å². The van der Waals surface area contributed by atoms with Gasteiger partial charge in [-0.2, -0.15) is 4.31 Å². The zero-order valence-electron chi connectivity index (χ0n) is 17.5. The molecule has 2 heterocycles. The van der Waals surface area contributed by atoms with E-state index in [9.17, 15) is 21.6 Å². The summed E-state index contributed by atoms with van der Waals surface area (Å²) in [4.78, 5) is 15.3. The lowest BCUT2D eigenvalue weighted by Crippen LogP contribution is -2.37. The molecule has 0 N–H and O–H groups in total. The van der Waals surface area contributed by atoms with Crippen LogP contribution in [-0.4, -0.2) is 52.9 Å². The van der Waals surface area contributed by atoms with Crippen LogP contribution in [0.5, 0.6) is 0 Å². The van der Waals surface area contributed by atoms with E-state index >= 15 is 0 Å². The first kappa shape index (κ1) is 22.0. The van der Waals surface area contributed by atoms with E-state index in [4.69, 9.17) is 0 Å². The van der Waals surface area contributed by atoms with E-state index in [-0.39, 0.29) is 15.7 Å². The summed E-state index contributed by atoms with van der Waals surface area (Å²) in [6, 6.07) is 11.0. The maximum atomic E-state index is 13.3. The number of hydrogen-bond acceptors (Lipinski definition) is 5. The standard InChI is InChI=1S/C22H26N2O5S2/c1-30(26,27)19-10-11-21-17(15-19)8-6-14-24(21)22(25)18-7-5-9-20(16-18)31(28,29)23-12-3-2-4-13-23/h5,7,9-11,15-16H,2-4,6,8,12-14H2,1H3. The first-order valence-electron chi connectivity index (χ1n) is 10.4. The first-order chi connectivity index (χ1) is 14.7. The van der Waals surface area contributed by atoms with Crippen LogP contribution >= 0.6 is 0 Å². The third-order valence-corrected chi connectivity index (χ3v) is 8.88. The molecule has 31 heavy (non-hydrogen) atoms. The van der Waals surface area contributed by atoms with Gasteiger partial charge in [-0.25, -0.2) is 16.8 Å². The van der Waals surface area contributed by atoms with E-state index in [1.807, 2.05) is 0 Å². The Bertz CT molecular complexity index is 1220. The molecule has 1 fully saturated rings. The van der Waals surface area contributed by atoms with Crippen molar-refractivity contribution in [3.05, 3.63) is 53.6 Å². The lowest BCUT2D eigenvalue weighted by molar-refractivity contribution is 0.0985. The number of sulfone groups is 1. The first-order valence-corrected chi connectivity index (χ1v) is 13.8. The fourth-order valence-corrected chi connectivity index (χ4v) is 6.45. The number of fused-ring (bicyclic) bond motifs is 1. The zero-order valence-corrected chi connectivity index (χ0v) is 19.1. The quantitative estimate of drug-likeness (QED) is 0.697. The molecule has 9 heteroatoms. The Morgan fingerprint density at radius 1 is 0.839 bits per heavy atom. The maximum Gasteiger partial charge on any atom is 0.258 e. The highest BCUT2D eigenvalue weighted by molar-refractivity contribution is 7.90. The monoisotopic (exact) mass is 462 g/mol. The van der Waals surface area contributed by atoms with Crippen LogP contribution in [-0.2, 0) is 26.3 Å². The average molecular weight is 463 g/mol. The van der Waals surface area contributed by atoms with Gasteiger partial charge in [-0.15, -0.1) is 0 Å². The predicted octanol–water partition coefficient (Wildman–Crippen LogP) is 2.86.